The minimum absolute atomic E-state index is 0.0276. The van der Waals surface area contributed by atoms with E-state index in [2.05, 4.69) is 5.32 Å². The van der Waals surface area contributed by atoms with E-state index in [1.165, 1.54) is 39.5 Å². The highest BCUT2D eigenvalue weighted by Gasteiger charge is 2.21. The van der Waals surface area contributed by atoms with Crippen LogP contribution in [0.1, 0.15) is 15.9 Å². The summed E-state index contributed by atoms with van der Waals surface area (Å²) in [6.07, 6.45) is 0. The van der Waals surface area contributed by atoms with Crippen LogP contribution in [0, 0.1) is 10.1 Å². The molecular weight excluding hydrogens is 344 g/mol. The van der Waals surface area contributed by atoms with Crippen LogP contribution in [0.3, 0.4) is 0 Å². The van der Waals surface area contributed by atoms with E-state index in [4.69, 9.17) is 14.2 Å². The number of benzene rings is 2. The number of non-ortho nitro benzene ring substituents is 1. The largest absolute Gasteiger partial charge is 0.494 e. The van der Waals surface area contributed by atoms with E-state index in [-0.39, 0.29) is 29.3 Å². The highest BCUT2D eigenvalue weighted by molar-refractivity contribution is 5.94. The zero-order valence-electron chi connectivity index (χ0n) is 14.4. The molecule has 0 aliphatic carbocycles. The number of carboxylic acids is 1. The van der Waals surface area contributed by atoms with E-state index in [0.29, 0.717) is 17.0 Å². The summed E-state index contributed by atoms with van der Waals surface area (Å²) in [6.45, 7) is 0.135. The summed E-state index contributed by atoms with van der Waals surface area (Å²) in [5.41, 5.74) is 0.810. The van der Waals surface area contributed by atoms with Crippen molar-refractivity contribution in [2.24, 2.45) is 0 Å². The maximum atomic E-state index is 11.7. The number of nitro benzene ring substituents is 1. The molecule has 0 saturated heterocycles. The Kier molecular flexibility index (Phi) is 5.84. The van der Waals surface area contributed by atoms with Gasteiger partial charge in [0.1, 0.15) is 11.3 Å². The maximum Gasteiger partial charge on any atom is 0.339 e. The Morgan fingerprint density at radius 2 is 1.81 bits per heavy atom. The van der Waals surface area contributed by atoms with Crippen LogP contribution in [0.15, 0.2) is 30.3 Å². The topological polar surface area (TPSA) is 120 Å². The van der Waals surface area contributed by atoms with Gasteiger partial charge in [0, 0.05) is 12.6 Å². The van der Waals surface area contributed by atoms with Crippen LogP contribution in [-0.2, 0) is 6.54 Å². The van der Waals surface area contributed by atoms with Gasteiger partial charge >= 0.3 is 5.97 Å². The van der Waals surface area contributed by atoms with Crippen molar-refractivity contribution in [2.75, 3.05) is 26.6 Å². The van der Waals surface area contributed by atoms with Gasteiger partial charge in [-0.05, 0) is 17.7 Å². The standard InChI is InChI=1S/C17H18N2O7/c1-24-13-7-4-10(15(17(20)21)16(13)26-3)9-18-12-6-5-11(19(22)23)8-14(12)25-2/h4-8,18H,9H2,1-3H3,(H,20,21). The first kappa shape index (κ1) is 18.8. The lowest BCUT2D eigenvalue weighted by molar-refractivity contribution is -0.384. The molecule has 0 bridgehead atoms. The first-order valence-electron chi connectivity index (χ1n) is 7.46. The molecule has 0 aliphatic rings. The second kappa shape index (κ2) is 8.06. The van der Waals surface area contributed by atoms with Crippen LogP contribution >= 0.6 is 0 Å². The van der Waals surface area contributed by atoms with Crippen molar-refractivity contribution < 1.29 is 29.0 Å². The van der Waals surface area contributed by atoms with Gasteiger partial charge in [-0.1, -0.05) is 6.07 Å². The van der Waals surface area contributed by atoms with Crippen LogP contribution in [0.25, 0.3) is 0 Å². The Bertz CT molecular complexity index is 836. The second-order valence-electron chi connectivity index (χ2n) is 5.14. The first-order chi connectivity index (χ1) is 12.4. The molecule has 0 heterocycles. The zero-order valence-corrected chi connectivity index (χ0v) is 14.4. The molecule has 2 aromatic rings. The number of hydrogen-bond acceptors (Lipinski definition) is 7. The number of rotatable bonds is 8. The molecule has 0 amide bonds. The van der Waals surface area contributed by atoms with Crippen molar-refractivity contribution in [1.82, 2.24) is 0 Å². The predicted molar refractivity (Wildman–Crippen MR) is 93.5 cm³/mol. The Morgan fingerprint density at radius 1 is 1.12 bits per heavy atom. The molecule has 0 spiro atoms. The third kappa shape index (κ3) is 3.77. The lowest BCUT2D eigenvalue weighted by Gasteiger charge is -2.16. The monoisotopic (exact) mass is 362 g/mol. The minimum atomic E-state index is -1.16. The van der Waals surface area contributed by atoms with E-state index >= 15 is 0 Å². The third-order valence-corrected chi connectivity index (χ3v) is 3.71. The minimum Gasteiger partial charge on any atom is -0.494 e. The first-order valence-corrected chi connectivity index (χ1v) is 7.46. The van der Waals surface area contributed by atoms with Crippen molar-refractivity contribution in [2.45, 2.75) is 6.54 Å². The number of methoxy groups -OCH3 is 3. The van der Waals surface area contributed by atoms with Crippen LogP contribution in [0.4, 0.5) is 11.4 Å². The van der Waals surface area contributed by atoms with Crippen molar-refractivity contribution in [1.29, 1.82) is 0 Å². The van der Waals surface area contributed by atoms with Gasteiger partial charge in [-0.15, -0.1) is 0 Å². The highest BCUT2D eigenvalue weighted by Crippen LogP contribution is 2.35. The molecule has 0 aromatic heterocycles. The van der Waals surface area contributed by atoms with Crippen molar-refractivity contribution in [3.8, 4) is 17.2 Å². The Hall–Kier alpha value is -3.49. The lowest BCUT2D eigenvalue weighted by atomic mass is 10.1. The number of carboxylic acid groups (broad SMARTS) is 1. The molecule has 0 aliphatic heterocycles. The molecule has 0 saturated carbocycles. The fourth-order valence-electron chi connectivity index (χ4n) is 2.48. The van der Waals surface area contributed by atoms with Crippen LogP contribution in [0.2, 0.25) is 0 Å². The summed E-state index contributed by atoms with van der Waals surface area (Å²) in [7, 11) is 4.17. The van der Waals surface area contributed by atoms with E-state index in [1.54, 1.807) is 12.1 Å². The number of anilines is 1. The summed E-state index contributed by atoms with van der Waals surface area (Å²) in [6, 6.07) is 7.33. The average Bonchev–Trinajstić information content (AvgIpc) is 2.64. The van der Waals surface area contributed by atoms with Gasteiger partial charge in [-0.2, -0.15) is 0 Å². The zero-order chi connectivity index (χ0) is 19.3. The van der Waals surface area contributed by atoms with Gasteiger partial charge in [-0.25, -0.2) is 4.79 Å². The molecule has 2 N–H and O–H groups in total. The predicted octanol–water partition coefficient (Wildman–Crippen LogP) is 2.93. The maximum absolute atomic E-state index is 11.7. The Balaban J connectivity index is 2.35. The molecule has 0 radical (unpaired) electrons. The van der Waals surface area contributed by atoms with Gasteiger partial charge < -0.3 is 24.6 Å². The van der Waals surface area contributed by atoms with Crippen molar-refractivity contribution in [3.05, 3.63) is 51.6 Å². The second-order valence-corrected chi connectivity index (χ2v) is 5.14. The molecule has 2 rings (SSSR count). The smallest absolute Gasteiger partial charge is 0.339 e. The normalized spacial score (nSPS) is 10.1. The molecule has 138 valence electrons. The van der Waals surface area contributed by atoms with Gasteiger partial charge in [0.05, 0.1) is 38.0 Å². The molecule has 2 aromatic carbocycles. The van der Waals surface area contributed by atoms with Crippen LogP contribution in [0.5, 0.6) is 17.2 Å². The van der Waals surface area contributed by atoms with Gasteiger partial charge in [-0.3, -0.25) is 10.1 Å². The molecule has 0 fully saturated rings. The fourth-order valence-corrected chi connectivity index (χ4v) is 2.48. The van der Waals surface area contributed by atoms with Crippen molar-refractivity contribution in [3.63, 3.8) is 0 Å². The lowest BCUT2D eigenvalue weighted by Crippen LogP contribution is -2.10. The summed E-state index contributed by atoms with van der Waals surface area (Å²) in [5, 5.41) is 23.4. The van der Waals surface area contributed by atoms with Crippen LogP contribution < -0.4 is 19.5 Å². The van der Waals surface area contributed by atoms with Gasteiger partial charge in [0.15, 0.2) is 11.5 Å². The quantitative estimate of drug-likeness (QED) is 0.543. The third-order valence-electron chi connectivity index (χ3n) is 3.71. The number of nitrogens with one attached hydrogen (secondary N) is 1. The Morgan fingerprint density at radius 3 is 2.35 bits per heavy atom. The van der Waals surface area contributed by atoms with Gasteiger partial charge in [0.2, 0.25) is 0 Å². The van der Waals surface area contributed by atoms with Crippen LogP contribution in [-0.4, -0.2) is 37.3 Å². The summed E-state index contributed by atoms with van der Waals surface area (Å²) in [4.78, 5) is 22.0. The number of nitrogens with zero attached hydrogens (tertiary/aromatic N) is 1. The number of aromatic carboxylic acids is 1. The molecule has 0 atom stereocenters. The van der Waals surface area contributed by atoms with E-state index < -0.39 is 10.9 Å². The Labute approximate surface area is 149 Å². The molecule has 0 unspecified atom stereocenters. The highest BCUT2D eigenvalue weighted by atomic mass is 16.6. The molecule has 9 nitrogen and oxygen atoms in total. The number of nitro groups is 1. The van der Waals surface area contributed by atoms with E-state index in [1.807, 2.05) is 0 Å². The molecule has 9 heteroatoms. The molecular formula is C17H18N2O7. The summed E-state index contributed by atoms with van der Waals surface area (Å²) >= 11 is 0. The molecule has 26 heavy (non-hydrogen) atoms. The van der Waals surface area contributed by atoms with Crippen molar-refractivity contribution >= 4 is 17.3 Å². The van der Waals surface area contributed by atoms with E-state index in [9.17, 15) is 20.0 Å². The average molecular weight is 362 g/mol. The van der Waals surface area contributed by atoms with Gasteiger partial charge in [0.25, 0.3) is 5.69 Å². The summed E-state index contributed by atoms with van der Waals surface area (Å²) in [5.74, 6) is -0.457. The number of ether oxygens (including phenoxy) is 3. The van der Waals surface area contributed by atoms with E-state index in [0.717, 1.165) is 0 Å². The summed E-state index contributed by atoms with van der Waals surface area (Å²) < 4.78 is 15.5. The SMILES string of the molecule is COc1cc([N+](=O)[O-])ccc1NCc1ccc(OC)c(OC)c1C(=O)O. The fraction of sp³-hybridized carbons (Fsp3) is 0.235. The number of hydrogen-bond donors (Lipinski definition) is 2. The number of carbonyl (C=O) groups is 1.